The third-order valence-electron chi connectivity index (χ3n) is 2.41. The predicted molar refractivity (Wildman–Crippen MR) is 72.1 cm³/mol. The molecule has 0 aliphatic rings. The molecule has 0 fully saturated rings. The van der Waals surface area contributed by atoms with Crippen molar-refractivity contribution in [2.45, 2.75) is 45.2 Å². The first-order valence-corrected chi connectivity index (χ1v) is 7.04. The van der Waals surface area contributed by atoms with Gasteiger partial charge in [-0.2, -0.15) is 13.2 Å². The molecule has 1 heterocycles. The standard InChI is InChI=1S/C12H17BrF3N3/c1-2-5-10-18-9(13)8-11(19-10)17-7-4-3-6-12(14,15)16/h8H,2-7H2,1H3,(H,17,18,19). The van der Waals surface area contributed by atoms with Gasteiger partial charge in [-0.3, -0.25) is 0 Å². The van der Waals surface area contributed by atoms with E-state index in [1.807, 2.05) is 6.92 Å². The van der Waals surface area contributed by atoms with Crippen molar-refractivity contribution < 1.29 is 13.2 Å². The van der Waals surface area contributed by atoms with Crippen LogP contribution >= 0.6 is 15.9 Å². The summed E-state index contributed by atoms with van der Waals surface area (Å²) in [7, 11) is 0. The van der Waals surface area contributed by atoms with Crippen LogP contribution in [0.3, 0.4) is 0 Å². The Hall–Kier alpha value is -0.850. The molecule has 0 spiro atoms. The second-order valence-corrected chi connectivity index (χ2v) is 5.05. The van der Waals surface area contributed by atoms with Gasteiger partial charge in [-0.25, -0.2) is 9.97 Å². The average Bonchev–Trinajstić information content (AvgIpc) is 2.26. The maximum atomic E-state index is 11.9. The van der Waals surface area contributed by atoms with Crippen molar-refractivity contribution in [3.8, 4) is 0 Å². The van der Waals surface area contributed by atoms with Crippen molar-refractivity contribution in [3.63, 3.8) is 0 Å². The highest BCUT2D eigenvalue weighted by molar-refractivity contribution is 9.10. The molecule has 0 atom stereocenters. The zero-order valence-corrected chi connectivity index (χ0v) is 12.3. The van der Waals surface area contributed by atoms with Gasteiger partial charge >= 0.3 is 6.18 Å². The summed E-state index contributed by atoms with van der Waals surface area (Å²) >= 11 is 3.29. The van der Waals surface area contributed by atoms with E-state index >= 15 is 0 Å². The molecule has 1 aromatic heterocycles. The predicted octanol–water partition coefficient (Wildman–Crippen LogP) is 4.34. The molecule has 0 bridgehead atoms. The maximum absolute atomic E-state index is 11.9. The number of alkyl halides is 3. The quantitative estimate of drug-likeness (QED) is 0.593. The molecule has 0 saturated carbocycles. The Morgan fingerprint density at radius 3 is 2.63 bits per heavy atom. The highest BCUT2D eigenvalue weighted by atomic mass is 79.9. The molecule has 3 nitrogen and oxygen atoms in total. The number of aryl methyl sites for hydroxylation is 1. The van der Waals surface area contributed by atoms with Crippen molar-refractivity contribution in [2.75, 3.05) is 11.9 Å². The molecule has 1 aromatic rings. The zero-order chi connectivity index (χ0) is 14.3. The molecule has 1 N–H and O–H groups in total. The summed E-state index contributed by atoms with van der Waals surface area (Å²) in [5, 5.41) is 3.02. The lowest BCUT2D eigenvalue weighted by atomic mass is 10.2. The van der Waals surface area contributed by atoms with Crippen LogP contribution < -0.4 is 5.32 Å². The van der Waals surface area contributed by atoms with E-state index < -0.39 is 12.6 Å². The van der Waals surface area contributed by atoms with E-state index in [2.05, 4.69) is 31.2 Å². The Balaban J connectivity index is 2.36. The monoisotopic (exact) mass is 339 g/mol. The van der Waals surface area contributed by atoms with Gasteiger partial charge in [0.25, 0.3) is 0 Å². The van der Waals surface area contributed by atoms with Crippen LogP contribution in [0.25, 0.3) is 0 Å². The number of unbranched alkanes of at least 4 members (excludes halogenated alkanes) is 1. The lowest BCUT2D eigenvalue weighted by Crippen LogP contribution is -2.10. The number of anilines is 1. The smallest absolute Gasteiger partial charge is 0.370 e. The number of nitrogens with zero attached hydrogens (tertiary/aromatic N) is 2. The van der Waals surface area contributed by atoms with E-state index in [0.717, 1.165) is 18.7 Å². The molecule has 108 valence electrons. The summed E-state index contributed by atoms with van der Waals surface area (Å²) in [5.41, 5.74) is 0. The summed E-state index contributed by atoms with van der Waals surface area (Å²) in [5.74, 6) is 1.38. The van der Waals surface area contributed by atoms with Gasteiger partial charge in [0.05, 0.1) is 0 Å². The third kappa shape index (κ3) is 7.34. The average molecular weight is 340 g/mol. The van der Waals surface area contributed by atoms with Crippen LogP contribution in [0.5, 0.6) is 0 Å². The van der Waals surface area contributed by atoms with E-state index in [-0.39, 0.29) is 6.42 Å². The number of hydrogen-bond acceptors (Lipinski definition) is 3. The van der Waals surface area contributed by atoms with E-state index in [1.54, 1.807) is 6.07 Å². The van der Waals surface area contributed by atoms with Crippen molar-refractivity contribution in [3.05, 3.63) is 16.5 Å². The second-order valence-electron chi connectivity index (χ2n) is 4.24. The number of aromatic nitrogens is 2. The minimum absolute atomic E-state index is 0.130. The van der Waals surface area contributed by atoms with Gasteiger partial charge in [-0.1, -0.05) is 6.92 Å². The van der Waals surface area contributed by atoms with Gasteiger partial charge in [-0.05, 0) is 35.2 Å². The Kier molecular flexibility index (Phi) is 6.54. The Labute approximate surface area is 119 Å². The van der Waals surface area contributed by atoms with E-state index in [0.29, 0.717) is 23.4 Å². The minimum atomic E-state index is -4.06. The zero-order valence-electron chi connectivity index (χ0n) is 10.7. The minimum Gasteiger partial charge on any atom is -0.370 e. The first-order valence-electron chi connectivity index (χ1n) is 6.25. The van der Waals surface area contributed by atoms with Crippen LogP contribution in [-0.4, -0.2) is 22.7 Å². The van der Waals surface area contributed by atoms with E-state index in [1.165, 1.54) is 0 Å². The summed E-state index contributed by atoms with van der Waals surface area (Å²) in [6, 6.07) is 1.73. The molecule has 0 radical (unpaired) electrons. The fourth-order valence-corrected chi connectivity index (χ4v) is 1.98. The molecule has 7 heteroatoms. The normalized spacial score (nSPS) is 11.6. The first kappa shape index (κ1) is 16.2. The molecule has 1 rings (SSSR count). The second kappa shape index (κ2) is 7.67. The maximum Gasteiger partial charge on any atom is 0.389 e. The van der Waals surface area contributed by atoms with Crippen LogP contribution in [0.1, 0.15) is 38.4 Å². The third-order valence-corrected chi connectivity index (χ3v) is 2.81. The van der Waals surface area contributed by atoms with Gasteiger partial charge < -0.3 is 5.32 Å². The summed E-state index contributed by atoms with van der Waals surface area (Å²) in [6.45, 7) is 2.51. The van der Waals surface area contributed by atoms with Gasteiger partial charge in [0.1, 0.15) is 16.2 Å². The highest BCUT2D eigenvalue weighted by Crippen LogP contribution is 2.22. The van der Waals surface area contributed by atoms with Crippen LogP contribution in [0.2, 0.25) is 0 Å². The van der Waals surface area contributed by atoms with Crippen molar-refractivity contribution in [1.82, 2.24) is 9.97 Å². The van der Waals surface area contributed by atoms with Gasteiger partial charge in [0.2, 0.25) is 0 Å². The fraction of sp³-hybridized carbons (Fsp3) is 0.667. The molecule has 19 heavy (non-hydrogen) atoms. The van der Waals surface area contributed by atoms with Crippen LogP contribution in [0, 0.1) is 0 Å². The van der Waals surface area contributed by atoms with Gasteiger partial charge in [0, 0.05) is 25.5 Å². The first-order chi connectivity index (χ1) is 8.90. The Morgan fingerprint density at radius 1 is 1.26 bits per heavy atom. The molecular weight excluding hydrogens is 323 g/mol. The highest BCUT2D eigenvalue weighted by Gasteiger charge is 2.25. The van der Waals surface area contributed by atoms with Crippen LogP contribution in [0.15, 0.2) is 10.7 Å². The van der Waals surface area contributed by atoms with E-state index in [4.69, 9.17) is 0 Å². The van der Waals surface area contributed by atoms with Crippen molar-refractivity contribution in [2.24, 2.45) is 0 Å². The summed E-state index contributed by atoms with van der Waals surface area (Å²) < 4.78 is 36.5. The number of rotatable bonds is 7. The molecule has 0 aliphatic carbocycles. The number of halogens is 4. The molecule has 0 saturated heterocycles. The number of hydrogen-bond donors (Lipinski definition) is 1. The summed E-state index contributed by atoms with van der Waals surface area (Å²) in [6.07, 6.45) is -2.48. The fourth-order valence-electron chi connectivity index (χ4n) is 1.56. The molecule has 0 aliphatic heterocycles. The lowest BCUT2D eigenvalue weighted by molar-refractivity contribution is -0.135. The van der Waals surface area contributed by atoms with Crippen molar-refractivity contribution >= 4 is 21.7 Å². The van der Waals surface area contributed by atoms with Gasteiger partial charge in [-0.15, -0.1) is 0 Å². The molecule has 0 unspecified atom stereocenters. The molecule has 0 aromatic carbocycles. The van der Waals surface area contributed by atoms with Crippen LogP contribution in [-0.2, 0) is 6.42 Å². The van der Waals surface area contributed by atoms with Crippen LogP contribution in [0.4, 0.5) is 19.0 Å². The van der Waals surface area contributed by atoms with Crippen molar-refractivity contribution in [1.29, 1.82) is 0 Å². The summed E-state index contributed by atoms with van der Waals surface area (Å²) in [4.78, 5) is 8.51. The largest absolute Gasteiger partial charge is 0.389 e. The van der Waals surface area contributed by atoms with Gasteiger partial charge in [0.15, 0.2) is 0 Å². The number of nitrogens with one attached hydrogen (secondary N) is 1. The Bertz CT molecular complexity index is 396. The van der Waals surface area contributed by atoms with E-state index in [9.17, 15) is 13.2 Å². The lowest BCUT2D eigenvalue weighted by Gasteiger charge is -2.08. The molecular formula is C12H17BrF3N3. The topological polar surface area (TPSA) is 37.8 Å². The SMILES string of the molecule is CCCc1nc(Br)cc(NCCCCC(F)(F)F)n1. The Morgan fingerprint density at radius 2 is 2.00 bits per heavy atom. The molecule has 0 amide bonds.